The fourth-order valence-corrected chi connectivity index (χ4v) is 4.31. The van der Waals surface area contributed by atoms with Crippen LogP contribution in [-0.4, -0.2) is 28.2 Å². The lowest BCUT2D eigenvalue weighted by atomic mass is 10.2. The second-order valence-corrected chi connectivity index (χ2v) is 7.91. The van der Waals surface area contributed by atoms with Crippen molar-refractivity contribution in [3.8, 4) is 5.75 Å². The maximum absolute atomic E-state index is 12.2. The van der Waals surface area contributed by atoms with Crippen LogP contribution in [0.15, 0.2) is 40.7 Å². The van der Waals surface area contributed by atoms with Crippen LogP contribution >= 0.6 is 23.1 Å². The molecule has 0 bridgehead atoms. The average Bonchev–Trinajstić information content (AvgIpc) is 3.04. The Balaban J connectivity index is 1.66. The van der Waals surface area contributed by atoms with Crippen molar-refractivity contribution in [2.45, 2.75) is 18.2 Å². The van der Waals surface area contributed by atoms with Crippen LogP contribution < -0.4 is 10.1 Å². The molecule has 0 spiro atoms. The Labute approximate surface area is 163 Å². The normalized spacial score (nSPS) is 10.7. The quantitative estimate of drug-likeness (QED) is 0.351. The van der Waals surface area contributed by atoms with Gasteiger partial charge >= 0.3 is 0 Å². The Hall–Kier alpha value is -2.65. The highest BCUT2D eigenvalue weighted by Crippen LogP contribution is 2.32. The molecule has 1 amide bonds. The van der Waals surface area contributed by atoms with Gasteiger partial charge in [-0.3, -0.25) is 14.9 Å². The predicted octanol–water partition coefficient (Wildman–Crippen LogP) is 4.64. The molecule has 0 radical (unpaired) electrons. The van der Waals surface area contributed by atoms with Gasteiger partial charge in [0.1, 0.15) is 11.4 Å². The summed E-state index contributed by atoms with van der Waals surface area (Å²) >= 11 is 2.77. The van der Waals surface area contributed by atoms with E-state index in [2.05, 4.69) is 10.3 Å². The van der Waals surface area contributed by atoms with E-state index >= 15 is 0 Å². The SMILES string of the molecule is CCOc1ccc2nc(SCC(=O)Nc3ccc(C)cc3[N+](=O)[O-])sc2c1. The van der Waals surface area contributed by atoms with Gasteiger partial charge in [0.2, 0.25) is 5.91 Å². The zero-order chi connectivity index (χ0) is 19.4. The van der Waals surface area contributed by atoms with Gasteiger partial charge < -0.3 is 10.1 Å². The molecule has 3 aromatic rings. The zero-order valence-corrected chi connectivity index (χ0v) is 16.4. The molecule has 0 aliphatic heterocycles. The standard InChI is InChI=1S/C18H17N3O4S2/c1-3-25-12-5-7-14-16(9-12)27-18(20-14)26-10-17(22)19-13-6-4-11(2)8-15(13)21(23)24/h4-9H,3,10H2,1-2H3,(H,19,22). The number of benzene rings is 2. The molecule has 7 nitrogen and oxygen atoms in total. The lowest BCUT2D eigenvalue weighted by Gasteiger charge is -2.06. The summed E-state index contributed by atoms with van der Waals surface area (Å²) in [6.45, 7) is 4.28. The molecule has 1 aromatic heterocycles. The molecule has 3 rings (SSSR count). The van der Waals surface area contributed by atoms with Gasteiger partial charge in [0.15, 0.2) is 4.34 Å². The summed E-state index contributed by atoms with van der Waals surface area (Å²) in [7, 11) is 0. The smallest absolute Gasteiger partial charge is 0.293 e. The molecule has 0 aliphatic carbocycles. The number of nitro benzene ring substituents is 1. The lowest BCUT2D eigenvalue weighted by molar-refractivity contribution is -0.384. The molecule has 1 N–H and O–H groups in total. The number of hydrogen-bond donors (Lipinski definition) is 1. The highest BCUT2D eigenvalue weighted by molar-refractivity contribution is 8.01. The minimum Gasteiger partial charge on any atom is -0.494 e. The minimum absolute atomic E-state index is 0.114. The Morgan fingerprint density at radius 2 is 2.15 bits per heavy atom. The first-order chi connectivity index (χ1) is 13.0. The molecule has 0 saturated heterocycles. The lowest BCUT2D eigenvalue weighted by Crippen LogP contribution is -2.15. The largest absolute Gasteiger partial charge is 0.494 e. The Morgan fingerprint density at radius 1 is 1.33 bits per heavy atom. The van der Waals surface area contributed by atoms with E-state index in [9.17, 15) is 14.9 Å². The zero-order valence-electron chi connectivity index (χ0n) is 14.7. The van der Waals surface area contributed by atoms with Crippen LogP contribution in [0.3, 0.4) is 0 Å². The predicted molar refractivity (Wildman–Crippen MR) is 108 cm³/mol. The van der Waals surface area contributed by atoms with Gasteiger partial charge in [-0.2, -0.15) is 0 Å². The number of carbonyl (C=O) groups is 1. The van der Waals surface area contributed by atoms with E-state index in [1.807, 2.05) is 25.1 Å². The summed E-state index contributed by atoms with van der Waals surface area (Å²) in [5.41, 5.74) is 1.69. The van der Waals surface area contributed by atoms with Gasteiger partial charge in [0.25, 0.3) is 5.69 Å². The number of fused-ring (bicyclic) bond motifs is 1. The third-order valence-corrected chi connectivity index (χ3v) is 5.76. The summed E-state index contributed by atoms with van der Waals surface area (Å²) in [5, 5.41) is 13.7. The Kier molecular flexibility index (Phi) is 5.92. The number of hydrogen-bond acceptors (Lipinski definition) is 7. The summed E-state index contributed by atoms with van der Waals surface area (Å²) in [6.07, 6.45) is 0. The topological polar surface area (TPSA) is 94.4 Å². The highest BCUT2D eigenvalue weighted by atomic mass is 32.2. The van der Waals surface area contributed by atoms with E-state index in [0.29, 0.717) is 6.61 Å². The average molecular weight is 403 g/mol. The Bertz CT molecular complexity index is 1000. The van der Waals surface area contributed by atoms with Crippen LogP contribution in [0.25, 0.3) is 10.2 Å². The van der Waals surface area contributed by atoms with E-state index in [1.165, 1.54) is 29.2 Å². The fourth-order valence-electron chi connectivity index (χ4n) is 2.41. The maximum atomic E-state index is 12.2. The Morgan fingerprint density at radius 3 is 2.89 bits per heavy atom. The van der Waals surface area contributed by atoms with Gasteiger partial charge in [0, 0.05) is 6.07 Å². The summed E-state index contributed by atoms with van der Waals surface area (Å²) < 4.78 is 7.22. The number of nitrogens with one attached hydrogen (secondary N) is 1. The third kappa shape index (κ3) is 4.75. The number of nitrogens with zero attached hydrogens (tertiary/aromatic N) is 2. The molecule has 140 valence electrons. The molecule has 0 fully saturated rings. The minimum atomic E-state index is -0.501. The fraction of sp³-hybridized carbons (Fsp3) is 0.222. The number of amides is 1. The number of anilines is 1. The van der Waals surface area contributed by atoms with Crippen molar-refractivity contribution >= 4 is 50.6 Å². The highest BCUT2D eigenvalue weighted by Gasteiger charge is 2.16. The number of aromatic nitrogens is 1. The number of rotatable bonds is 7. The molecule has 1 heterocycles. The molecular weight excluding hydrogens is 386 g/mol. The van der Waals surface area contributed by atoms with Crippen LogP contribution in [-0.2, 0) is 4.79 Å². The second kappa shape index (κ2) is 8.36. The molecule has 9 heteroatoms. The second-order valence-electron chi connectivity index (χ2n) is 5.66. The van der Waals surface area contributed by atoms with Crippen LogP contribution in [0.1, 0.15) is 12.5 Å². The van der Waals surface area contributed by atoms with Crippen molar-refractivity contribution in [2.75, 3.05) is 17.7 Å². The molecule has 0 unspecified atom stereocenters. The van der Waals surface area contributed by atoms with E-state index < -0.39 is 4.92 Å². The first kappa shape index (κ1) is 19.1. The van der Waals surface area contributed by atoms with E-state index in [0.717, 1.165) is 25.9 Å². The van der Waals surface area contributed by atoms with Crippen molar-refractivity contribution < 1.29 is 14.5 Å². The first-order valence-corrected chi connectivity index (χ1v) is 9.97. The maximum Gasteiger partial charge on any atom is 0.293 e. The van der Waals surface area contributed by atoms with Gasteiger partial charge in [-0.25, -0.2) is 4.98 Å². The molecular formula is C18H17N3O4S2. The van der Waals surface area contributed by atoms with Gasteiger partial charge in [-0.15, -0.1) is 11.3 Å². The van der Waals surface area contributed by atoms with Crippen molar-refractivity contribution in [1.29, 1.82) is 0 Å². The summed E-state index contributed by atoms with van der Waals surface area (Å²) in [5.74, 6) is 0.583. The number of aryl methyl sites for hydroxylation is 1. The third-order valence-electron chi connectivity index (χ3n) is 3.60. The molecule has 0 atom stereocenters. The van der Waals surface area contributed by atoms with Crippen LogP contribution in [0.2, 0.25) is 0 Å². The number of thiazole rings is 1. The summed E-state index contributed by atoms with van der Waals surface area (Å²) in [6, 6.07) is 10.4. The van der Waals surface area contributed by atoms with Crippen molar-refractivity contribution in [3.05, 3.63) is 52.1 Å². The molecule has 27 heavy (non-hydrogen) atoms. The van der Waals surface area contributed by atoms with Gasteiger partial charge in [-0.05, 0) is 43.7 Å². The molecule has 2 aromatic carbocycles. The van der Waals surface area contributed by atoms with Crippen molar-refractivity contribution in [1.82, 2.24) is 4.98 Å². The van der Waals surface area contributed by atoms with Crippen molar-refractivity contribution in [3.63, 3.8) is 0 Å². The monoisotopic (exact) mass is 403 g/mol. The first-order valence-electron chi connectivity index (χ1n) is 8.17. The number of nitro groups is 1. The number of thioether (sulfide) groups is 1. The number of ether oxygens (including phenoxy) is 1. The molecule has 0 saturated carbocycles. The van der Waals surface area contributed by atoms with E-state index in [4.69, 9.17) is 4.74 Å². The van der Waals surface area contributed by atoms with Gasteiger partial charge in [0.05, 0.1) is 27.5 Å². The van der Waals surface area contributed by atoms with Crippen LogP contribution in [0.5, 0.6) is 5.75 Å². The molecule has 0 aliphatic rings. The van der Waals surface area contributed by atoms with Crippen LogP contribution in [0.4, 0.5) is 11.4 Å². The van der Waals surface area contributed by atoms with Gasteiger partial charge in [-0.1, -0.05) is 17.8 Å². The van der Waals surface area contributed by atoms with Crippen molar-refractivity contribution in [2.24, 2.45) is 0 Å². The van der Waals surface area contributed by atoms with Crippen LogP contribution in [0, 0.1) is 17.0 Å². The number of carbonyl (C=O) groups excluding carboxylic acids is 1. The van der Waals surface area contributed by atoms with E-state index in [1.54, 1.807) is 19.1 Å². The van der Waals surface area contributed by atoms with E-state index in [-0.39, 0.29) is 23.0 Å². The summed E-state index contributed by atoms with van der Waals surface area (Å²) in [4.78, 5) is 27.3.